The average molecular weight is 337 g/mol. The van der Waals surface area contributed by atoms with Crippen molar-refractivity contribution >= 4 is 33.8 Å². The number of hydrogen-bond donors (Lipinski definition) is 2. The molecule has 24 heavy (non-hydrogen) atoms. The Morgan fingerprint density at radius 3 is 2.29 bits per heavy atom. The van der Waals surface area contributed by atoms with Crippen LogP contribution in [-0.4, -0.2) is 10.8 Å². The first kappa shape index (κ1) is 16.2. The summed E-state index contributed by atoms with van der Waals surface area (Å²) in [4.78, 5) is 17.4. The summed E-state index contributed by atoms with van der Waals surface area (Å²) in [6, 6.07) is 13.5. The van der Waals surface area contributed by atoms with Crippen LogP contribution in [0.4, 0.5) is 16.6 Å². The predicted molar refractivity (Wildman–Crippen MR) is 100 cm³/mol. The summed E-state index contributed by atoms with van der Waals surface area (Å²) in [6.07, 6.45) is 0. The van der Waals surface area contributed by atoms with Crippen LogP contribution in [0.1, 0.15) is 31.9 Å². The number of aromatic nitrogens is 1. The van der Waals surface area contributed by atoms with E-state index in [0.29, 0.717) is 15.6 Å². The number of nitrogen functional groups attached to an aromatic ring is 1. The Bertz CT molecular complexity index is 877. The van der Waals surface area contributed by atoms with Crippen LogP contribution in [-0.2, 0) is 0 Å². The van der Waals surface area contributed by atoms with Crippen LogP contribution in [0.25, 0.3) is 0 Å². The molecular formula is C19H19N3OS. The fourth-order valence-electron chi connectivity index (χ4n) is 2.50. The number of para-hydroxylation sites is 1. The summed E-state index contributed by atoms with van der Waals surface area (Å²) in [5, 5.41) is 3.92. The second-order valence-corrected chi connectivity index (χ2v) is 6.82. The third kappa shape index (κ3) is 3.16. The number of carbonyl (C=O) groups is 1. The molecule has 3 rings (SSSR count). The van der Waals surface area contributed by atoms with Gasteiger partial charge in [0.15, 0.2) is 5.13 Å². The number of carbonyl (C=O) groups excluding carboxylic acids is 1. The van der Waals surface area contributed by atoms with Gasteiger partial charge in [0.25, 0.3) is 0 Å². The smallest absolute Gasteiger partial charge is 0.206 e. The van der Waals surface area contributed by atoms with Crippen molar-refractivity contribution in [2.75, 3.05) is 11.1 Å². The topological polar surface area (TPSA) is 68.0 Å². The first-order valence-electron chi connectivity index (χ1n) is 7.66. The molecule has 3 aromatic rings. The Balaban J connectivity index is 1.90. The summed E-state index contributed by atoms with van der Waals surface area (Å²) < 4.78 is 0. The van der Waals surface area contributed by atoms with Gasteiger partial charge in [0.05, 0.1) is 0 Å². The Hall–Kier alpha value is -2.66. The summed E-state index contributed by atoms with van der Waals surface area (Å²) in [5.74, 6) is 0.166. The molecule has 0 aliphatic rings. The third-order valence-electron chi connectivity index (χ3n) is 3.89. The summed E-state index contributed by atoms with van der Waals surface area (Å²) in [6.45, 7) is 6.05. The number of nitrogens with one attached hydrogen (secondary N) is 1. The number of ketones is 1. The van der Waals surface area contributed by atoms with Crippen LogP contribution < -0.4 is 11.1 Å². The molecule has 4 nitrogen and oxygen atoms in total. The molecule has 0 saturated heterocycles. The van der Waals surface area contributed by atoms with E-state index >= 15 is 0 Å². The SMILES string of the molecule is Cc1ccc(C(=O)c2sc(Nc3c(C)cccc3C)nc2N)cc1. The van der Waals surface area contributed by atoms with E-state index in [1.54, 1.807) is 0 Å². The Morgan fingerprint density at radius 1 is 1.04 bits per heavy atom. The van der Waals surface area contributed by atoms with Crippen LogP contribution in [0.3, 0.4) is 0 Å². The lowest BCUT2D eigenvalue weighted by atomic mass is 10.1. The standard InChI is InChI=1S/C19H19N3OS/c1-11-7-9-14(10-8-11)16(23)17-18(20)22-19(24-17)21-15-12(2)5-4-6-13(15)3/h4-10H,20H2,1-3H3,(H,21,22). The number of anilines is 3. The van der Waals surface area contributed by atoms with E-state index in [0.717, 1.165) is 22.4 Å². The van der Waals surface area contributed by atoms with Crippen LogP contribution >= 0.6 is 11.3 Å². The highest BCUT2D eigenvalue weighted by Crippen LogP contribution is 2.31. The molecule has 1 aromatic heterocycles. The van der Waals surface area contributed by atoms with Crippen molar-refractivity contribution in [2.45, 2.75) is 20.8 Å². The maximum absolute atomic E-state index is 12.6. The number of thiazole rings is 1. The first-order valence-corrected chi connectivity index (χ1v) is 8.48. The summed E-state index contributed by atoms with van der Waals surface area (Å²) >= 11 is 1.28. The second-order valence-electron chi connectivity index (χ2n) is 5.82. The number of nitrogens with two attached hydrogens (primary N) is 1. The van der Waals surface area contributed by atoms with Gasteiger partial charge < -0.3 is 11.1 Å². The zero-order valence-corrected chi connectivity index (χ0v) is 14.7. The molecule has 0 aliphatic heterocycles. The van der Waals surface area contributed by atoms with Crippen LogP contribution in [0, 0.1) is 20.8 Å². The third-order valence-corrected chi connectivity index (χ3v) is 4.87. The van der Waals surface area contributed by atoms with E-state index in [1.165, 1.54) is 11.3 Å². The number of hydrogen-bond acceptors (Lipinski definition) is 5. The molecule has 2 aromatic carbocycles. The molecule has 0 saturated carbocycles. The van der Waals surface area contributed by atoms with E-state index < -0.39 is 0 Å². The van der Waals surface area contributed by atoms with E-state index in [-0.39, 0.29) is 11.6 Å². The summed E-state index contributed by atoms with van der Waals surface area (Å²) in [7, 11) is 0. The molecule has 122 valence electrons. The highest BCUT2D eigenvalue weighted by molar-refractivity contribution is 7.18. The normalized spacial score (nSPS) is 10.6. The van der Waals surface area contributed by atoms with E-state index in [9.17, 15) is 4.79 Å². The van der Waals surface area contributed by atoms with Crippen LogP contribution in [0.5, 0.6) is 0 Å². The van der Waals surface area contributed by atoms with E-state index in [2.05, 4.69) is 10.3 Å². The van der Waals surface area contributed by atoms with Crippen LogP contribution in [0.2, 0.25) is 0 Å². The number of benzene rings is 2. The van der Waals surface area contributed by atoms with Gasteiger partial charge in [0.2, 0.25) is 5.78 Å². The molecule has 1 heterocycles. The van der Waals surface area contributed by atoms with Crippen molar-refractivity contribution in [1.29, 1.82) is 0 Å². The Morgan fingerprint density at radius 2 is 1.67 bits per heavy atom. The maximum Gasteiger partial charge on any atom is 0.206 e. The largest absolute Gasteiger partial charge is 0.382 e. The second kappa shape index (κ2) is 6.45. The molecule has 0 amide bonds. The molecule has 0 unspecified atom stereocenters. The van der Waals surface area contributed by atoms with E-state index in [4.69, 9.17) is 5.73 Å². The van der Waals surface area contributed by atoms with Gasteiger partial charge in [-0.05, 0) is 31.9 Å². The van der Waals surface area contributed by atoms with Crippen molar-refractivity contribution in [1.82, 2.24) is 4.98 Å². The van der Waals surface area contributed by atoms with Crippen molar-refractivity contribution in [3.63, 3.8) is 0 Å². The average Bonchev–Trinajstić information content (AvgIpc) is 2.92. The highest BCUT2D eigenvalue weighted by Gasteiger charge is 2.18. The summed E-state index contributed by atoms with van der Waals surface area (Å²) in [5.41, 5.74) is 11.0. The lowest BCUT2D eigenvalue weighted by Gasteiger charge is -2.09. The molecule has 0 atom stereocenters. The molecule has 5 heteroatoms. The van der Waals surface area contributed by atoms with Gasteiger partial charge in [-0.2, -0.15) is 0 Å². The number of nitrogens with zero attached hydrogens (tertiary/aromatic N) is 1. The van der Waals surface area contributed by atoms with Crippen LogP contribution in [0.15, 0.2) is 42.5 Å². The molecule has 0 fully saturated rings. The Kier molecular flexibility index (Phi) is 4.36. The lowest BCUT2D eigenvalue weighted by Crippen LogP contribution is -2.02. The van der Waals surface area contributed by atoms with Crippen molar-refractivity contribution in [2.24, 2.45) is 0 Å². The molecular weight excluding hydrogens is 318 g/mol. The molecule has 0 bridgehead atoms. The molecule has 3 N–H and O–H groups in total. The van der Waals surface area contributed by atoms with Gasteiger partial charge in [-0.1, -0.05) is 59.4 Å². The fraction of sp³-hybridized carbons (Fsp3) is 0.158. The van der Waals surface area contributed by atoms with Gasteiger partial charge in [-0.25, -0.2) is 4.98 Å². The quantitative estimate of drug-likeness (QED) is 0.681. The number of aryl methyl sites for hydroxylation is 3. The fourth-order valence-corrected chi connectivity index (χ4v) is 3.35. The molecule has 0 radical (unpaired) electrons. The van der Waals surface area contributed by atoms with Gasteiger partial charge in [-0.15, -0.1) is 0 Å². The predicted octanol–water partition coefficient (Wildman–Crippen LogP) is 4.63. The minimum atomic E-state index is -0.0976. The number of rotatable bonds is 4. The molecule has 0 aliphatic carbocycles. The van der Waals surface area contributed by atoms with Gasteiger partial charge in [0.1, 0.15) is 10.7 Å². The molecule has 0 spiro atoms. The highest BCUT2D eigenvalue weighted by atomic mass is 32.1. The van der Waals surface area contributed by atoms with Gasteiger partial charge >= 0.3 is 0 Å². The van der Waals surface area contributed by atoms with Gasteiger partial charge in [0, 0.05) is 11.3 Å². The van der Waals surface area contributed by atoms with Crippen molar-refractivity contribution in [3.05, 3.63) is 69.6 Å². The lowest BCUT2D eigenvalue weighted by molar-refractivity contribution is 0.104. The van der Waals surface area contributed by atoms with Gasteiger partial charge in [-0.3, -0.25) is 4.79 Å². The maximum atomic E-state index is 12.6. The zero-order chi connectivity index (χ0) is 17.3. The first-order chi connectivity index (χ1) is 11.5. The monoisotopic (exact) mass is 337 g/mol. The van der Waals surface area contributed by atoms with Crippen molar-refractivity contribution in [3.8, 4) is 0 Å². The Labute approximate surface area is 145 Å². The minimum Gasteiger partial charge on any atom is -0.382 e. The van der Waals surface area contributed by atoms with E-state index in [1.807, 2.05) is 63.2 Å². The zero-order valence-electron chi connectivity index (χ0n) is 13.9. The minimum absolute atomic E-state index is 0.0976. The van der Waals surface area contributed by atoms with Crippen molar-refractivity contribution < 1.29 is 4.79 Å².